The van der Waals surface area contributed by atoms with Crippen LogP contribution < -0.4 is 5.32 Å². The second-order valence-corrected chi connectivity index (χ2v) is 6.18. The number of benzene rings is 1. The van der Waals surface area contributed by atoms with Crippen molar-refractivity contribution in [1.29, 1.82) is 0 Å². The van der Waals surface area contributed by atoms with E-state index in [4.69, 9.17) is 11.6 Å². The molecule has 0 unspecified atom stereocenters. The van der Waals surface area contributed by atoms with E-state index in [0.717, 1.165) is 17.8 Å². The van der Waals surface area contributed by atoms with Crippen LogP contribution in [-0.4, -0.2) is 16.1 Å². The Morgan fingerprint density at radius 2 is 2.26 bits per heavy atom. The van der Waals surface area contributed by atoms with E-state index < -0.39 is 0 Å². The third-order valence-electron chi connectivity index (χ3n) is 2.32. The predicted octanol–water partition coefficient (Wildman–Crippen LogP) is 4.16. The number of halogens is 2. The second kappa shape index (κ2) is 6.45. The zero-order valence-electron chi connectivity index (χ0n) is 10.1. The maximum Gasteiger partial charge on any atom is 0.258 e. The van der Waals surface area contributed by atoms with Gasteiger partial charge in [-0.3, -0.25) is 10.1 Å². The molecule has 2 aromatic rings. The molecule has 1 N–H and O–H groups in total. The molecule has 0 aliphatic rings. The number of hydrogen-bond acceptors (Lipinski definition) is 4. The van der Waals surface area contributed by atoms with Gasteiger partial charge in [0.25, 0.3) is 5.91 Å². The third kappa shape index (κ3) is 3.75. The van der Waals surface area contributed by atoms with Crippen LogP contribution in [0.5, 0.6) is 0 Å². The molecule has 0 radical (unpaired) electrons. The Balaban J connectivity index is 2.13. The number of anilines is 1. The summed E-state index contributed by atoms with van der Waals surface area (Å²) in [5.41, 5.74) is 0.472. The minimum absolute atomic E-state index is 0.256. The van der Waals surface area contributed by atoms with Gasteiger partial charge in [-0.05, 0) is 40.5 Å². The van der Waals surface area contributed by atoms with Gasteiger partial charge in [0, 0.05) is 15.9 Å². The average molecular weight is 361 g/mol. The molecular weight excluding hydrogens is 350 g/mol. The van der Waals surface area contributed by atoms with E-state index in [1.165, 1.54) is 11.3 Å². The van der Waals surface area contributed by atoms with Crippen molar-refractivity contribution in [2.24, 2.45) is 0 Å². The van der Waals surface area contributed by atoms with Crippen molar-refractivity contribution in [1.82, 2.24) is 10.2 Å². The van der Waals surface area contributed by atoms with Gasteiger partial charge < -0.3 is 0 Å². The Morgan fingerprint density at radius 1 is 1.47 bits per heavy atom. The van der Waals surface area contributed by atoms with Crippen molar-refractivity contribution in [2.45, 2.75) is 19.8 Å². The van der Waals surface area contributed by atoms with E-state index in [0.29, 0.717) is 20.2 Å². The predicted molar refractivity (Wildman–Crippen MR) is 81.0 cm³/mol. The number of aryl methyl sites for hydroxylation is 1. The van der Waals surface area contributed by atoms with Crippen molar-refractivity contribution in [3.05, 3.63) is 38.3 Å². The Bertz CT molecular complexity index is 602. The number of hydrogen-bond donors (Lipinski definition) is 1. The fraction of sp³-hybridized carbons (Fsp3) is 0.250. The first-order valence-corrected chi connectivity index (χ1v) is 7.67. The van der Waals surface area contributed by atoms with Gasteiger partial charge in [0.2, 0.25) is 5.13 Å². The highest BCUT2D eigenvalue weighted by molar-refractivity contribution is 9.10. The van der Waals surface area contributed by atoms with Crippen LogP contribution >= 0.6 is 38.9 Å². The Kier molecular flexibility index (Phi) is 4.90. The highest BCUT2D eigenvalue weighted by atomic mass is 79.9. The van der Waals surface area contributed by atoms with Crippen molar-refractivity contribution in [3.8, 4) is 0 Å². The summed E-state index contributed by atoms with van der Waals surface area (Å²) in [6, 6.07) is 5.06. The van der Waals surface area contributed by atoms with Gasteiger partial charge in [-0.25, -0.2) is 0 Å². The summed E-state index contributed by atoms with van der Waals surface area (Å²) in [6.45, 7) is 2.07. The van der Waals surface area contributed by atoms with Gasteiger partial charge >= 0.3 is 0 Å². The van der Waals surface area contributed by atoms with Crippen LogP contribution in [0.15, 0.2) is 22.7 Å². The molecule has 1 aromatic carbocycles. The molecule has 0 aliphatic carbocycles. The van der Waals surface area contributed by atoms with E-state index in [2.05, 4.69) is 38.4 Å². The van der Waals surface area contributed by atoms with E-state index in [9.17, 15) is 4.79 Å². The summed E-state index contributed by atoms with van der Waals surface area (Å²) in [4.78, 5) is 12.1. The smallest absolute Gasteiger partial charge is 0.258 e. The Hall–Kier alpha value is -0.980. The average Bonchev–Trinajstić information content (AvgIpc) is 2.80. The lowest BCUT2D eigenvalue weighted by Crippen LogP contribution is -2.12. The number of amides is 1. The fourth-order valence-electron chi connectivity index (χ4n) is 1.45. The van der Waals surface area contributed by atoms with Crippen LogP contribution in [0.3, 0.4) is 0 Å². The molecule has 4 nitrogen and oxygen atoms in total. The zero-order valence-corrected chi connectivity index (χ0v) is 13.3. The maximum atomic E-state index is 12.1. The molecule has 100 valence electrons. The van der Waals surface area contributed by atoms with Gasteiger partial charge in [-0.15, -0.1) is 10.2 Å². The van der Waals surface area contributed by atoms with Crippen molar-refractivity contribution >= 4 is 49.9 Å². The van der Waals surface area contributed by atoms with Crippen LogP contribution in [0.1, 0.15) is 28.7 Å². The van der Waals surface area contributed by atoms with E-state index >= 15 is 0 Å². The van der Waals surface area contributed by atoms with E-state index in [1.54, 1.807) is 18.2 Å². The normalized spacial score (nSPS) is 10.5. The summed E-state index contributed by atoms with van der Waals surface area (Å²) in [6.07, 6.45) is 1.87. The number of carbonyl (C=O) groups is 1. The molecule has 0 aliphatic heterocycles. The lowest BCUT2D eigenvalue weighted by molar-refractivity contribution is 0.102. The first-order chi connectivity index (χ1) is 9.10. The summed E-state index contributed by atoms with van der Waals surface area (Å²) in [5, 5.41) is 12.6. The molecule has 0 fully saturated rings. The molecule has 0 bridgehead atoms. The molecule has 19 heavy (non-hydrogen) atoms. The quantitative estimate of drug-likeness (QED) is 0.890. The van der Waals surface area contributed by atoms with Crippen molar-refractivity contribution in [2.75, 3.05) is 5.32 Å². The number of rotatable bonds is 4. The first-order valence-electron chi connectivity index (χ1n) is 5.69. The largest absolute Gasteiger partial charge is 0.296 e. The van der Waals surface area contributed by atoms with Crippen LogP contribution in [0.25, 0.3) is 0 Å². The van der Waals surface area contributed by atoms with Gasteiger partial charge in [-0.1, -0.05) is 29.9 Å². The molecular formula is C12H11BrClN3OS. The van der Waals surface area contributed by atoms with E-state index in [1.807, 2.05) is 0 Å². The van der Waals surface area contributed by atoms with Crippen molar-refractivity contribution < 1.29 is 4.79 Å². The van der Waals surface area contributed by atoms with E-state index in [-0.39, 0.29) is 5.91 Å². The molecule has 0 saturated heterocycles. The Labute approximate surface area is 128 Å². The summed E-state index contributed by atoms with van der Waals surface area (Å²) >= 11 is 10.6. The van der Waals surface area contributed by atoms with Crippen LogP contribution in [0, 0.1) is 0 Å². The molecule has 0 atom stereocenters. The highest BCUT2D eigenvalue weighted by Crippen LogP contribution is 2.23. The van der Waals surface area contributed by atoms with Crippen LogP contribution in [0.2, 0.25) is 5.02 Å². The van der Waals surface area contributed by atoms with Gasteiger partial charge in [0.05, 0.1) is 5.56 Å². The minimum Gasteiger partial charge on any atom is -0.296 e. The Morgan fingerprint density at radius 3 is 3.00 bits per heavy atom. The van der Waals surface area contributed by atoms with Crippen molar-refractivity contribution in [3.63, 3.8) is 0 Å². The van der Waals surface area contributed by atoms with Gasteiger partial charge in [0.15, 0.2) is 0 Å². The van der Waals surface area contributed by atoms with Gasteiger partial charge in [-0.2, -0.15) is 0 Å². The lowest BCUT2D eigenvalue weighted by atomic mass is 10.2. The first kappa shape index (κ1) is 14.4. The van der Waals surface area contributed by atoms with Crippen LogP contribution in [0.4, 0.5) is 5.13 Å². The lowest BCUT2D eigenvalue weighted by Gasteiger charge is -2.04. The van der Waals surface area contributed by atoms with Gasteiger partial charge in [0.1, 0.15) is 5.01 Å². The SMILES string of the molecule is CCCc1nnc(NC(=O)c2cc(Cl)ccc2Br)s1. The molecule has 2 rings (SSSR count). The summed E-state index contributed by atoms with van der Waals surface area (Å²) in [5.74, 6) is -0.256. The molecule has 7 heteroatoms. The highest BCUT2D eigenvalue weighted by Gasteiger charge is 2.13. The topological polar surface area (TPSA) is 54.9 Å². The number of carbonyl (C=O) groups excluding carboxylic acids is 1. The summed E-state index contributed by atoms with van der Waals surface area (Å²) < 4.78 is 0.688. The number of aromatic nitrogens is 2. The monoisotopic (exact) mass is 359 g/mol. The fourth-order valence-corrected chi connectivity index (χ4v) is 2.89. The molecule has 1 heterocycles. The summed E-state index contributed by atoms with van der Waals surface area (Å²) in [7, 11) is 0. The molecule has 0 saturated carbocycles. The number of nitrogens with zero attached hydrogens (tertiary/aromatic N) is 2. The standard InChI is InChI=1S/C12H11BrClN3OS/c1-2-3-10-16-17-12(19-10)15-11(18)8-6-7(14)4-5-9(8)13/h4-6H,2-3H2,1H3,(H,15,17,18). The molecule has 1 aromatic heterocycles. The maximum absolute atomic E-state index is 12.1. The molecule has 1 amide bonds. The van der Waals surface area contributed by atoms with Crippen LogP contribution in [-0.2, 0) is 6.42 Å². The third-order valence-corrected chi connectivity index (χ3v) is 4.15. The second-order valence-electron chi connectivity index (χ2n) is 3.83. The number of nitrogens with one attached hydrogen (secondary N) is 1. The zero-order chi connectivity index (χ0) is 13.8. The minimum atomic E-state index is -0.256. The molecule has 0 spiro atoms.